The molecule has 2 aliphatic rings. The average molecular weight is 370 g/mol. The molecule has 1 aromatic rings. The van der Waals surface area contributed by atoms with Crippen LogP contribution in [-0.4, -0.2) is 51.9 Å². The first kappa shape index (κ1) is 18.0. The lowest BCUT2D eigenvalue weighted by atomic mass is 10.0. The maximum Gasteiger partial charge on any atom is 0.410 e. The highest BCUT2D eigenvalue weighted by atomic mass is 35.5. The van der Waals surface area contributed by atoms with Gasteiger partial charge in [0, 0.05) is 24.9 Å². The van der Waals surface area contributed by atoms with Crippen molar-refractivity contribution in [2.45, 2.75) is 70.2 Å². The molecule has 25 heavy (non-hydrogen) atoms. The number of amides is 1. The van der Waals surface area contributed by atoms with Gasteiger partial charge in [0.25, 0.3) is 5.88 Å². The lowest BCUT2D eigenvalue weighted by Gasteiger charge is -2.39. The zero-order chi connectivity index (χ0) is 18.2. The topological polar surface area (TPSA) is 73.8 Å². The summed E-state index contributed by atoms with van der Waals surface area (Å²) in [5, 5.41) is 0.224. The largest absolute Gasteiger partial charge is 0.489 e. The summed E-state index contributed by atoms with van der Waals surface area (Å²) in [5.74, 6) is 0.684. The van der Waals surface area contributed by atoms with Crippen LogP contribution in [0.1, 0.15) is 46.5 Å². The molecule has 2 fully saturated rings. The van der Waals surface area contributed by atoms with E-state index in [1.807, 2.05) is 25.7 Å². The molecule has 0 aliphatic carbocycles. The van der Waals surface area contributed by atoms with Gasteiger partial charge < -0.3 is 19.1 Å². The molecule has 1 aromatic heterocycles. The molecule has 2 saturated heterocycles. The van der Waals surface area contributed by atoms with Crippen LogP contribution in [0.5, 0.6) is 11.6 Å². The number of carbonyl (C=O) groups is 1. The van der Waals surface area contributed by atoms with Gasteiger partial charge in [-0.25, -0.2) is 9.78 Å². The van der Waals surface area contributed by atoms with Crippen LogP contribution in [0.25, 0.3) is 0 Å². The standard InChI is InChI=1S/C17H24ClN3O4/c1-17(2,3)25-16(22)21-10-5-6-11(21)8-12(7-10)24-15-13(23-4)14(18)19-9-20-15/h9-12H,5-8H2,1-4H3/t10-,11?,12+/m0/s1. The number of hydrogen-bond acceptors (Lipinski definition) is 6. The molecule has 2 aliphatic heterocycles. The Hall–Kier alpha value is -1.76. The van der Waals surface area contributed by atoms with Gasteiger partial charge in [0.05, 0.1) is 7.11 Å². The van der Waals surface area contributed by atoms with Crippen LogP contribution in [0, 0.1) is 0 Å². The van der Waals surface area contributed by atoms with Crippen molar-refractivity contribution in [3.63, 3.8) is 0 Å². The Bertz CT molecular complexity index is 635. The van der Waals surface area contributed by atoms with Crippen molar-refractivity contribution in [1.29, 1.82) is 0 Å². The van der Waals surface area contributed by atoms with Gasteiger partial charge in [0.2, 0.25) is 5.75 Å². The van der Waals surface area contributed by atoms with Crippen LogP contribution in [0.2, 0.25) is 5.15 Å². The molecule has 3 rings (SSSR count). The van der Waals surface area contributed by atoms with E-state index < -0.39 is 5.60 Å². The van der Waals surface area contributed by atoms with Crippen molar-refractivity contribution >= 4 is 17.7 Å². The number of methoxy groups -OCH3 is 1. The molecule has 0 N–H and O–H groups in total. The Kier molecular flexibility index (Phi) is 4.95. The summed E-state index contributed by atoms with van der Waals surface area (Å²) in [6, 6.07) is 0.254. The molecule has 1 amide bonds. The maximum atomic E-state index is 12.5. The number of piperidine rings is 1. The molecular formula is C17H24ClN3O4. The van der Waals surface area contributed by atoms with E-state index in [1.165, 1.54) is 13.4 Å². The van der Waals surface area contributed by atoms with E-state index in [9.17, 15) is 4.79 Å². The first-order valence-corrected chi connectivity index (χ1v) is 8.88. The summed E-state index contributed by atoms with van der Waals surface area (Å²) >= 11 is 6.02. The summed E-state index contributed by atoms with van der Waals surface area (Å²) in [6.07, 6.45) is 4.47. The lowest BCUT2D eigenvalue weighted by molar-refractivity contribution is -0.00794. The van der Waals surface area contributed by atoms with Crippen LogP contribution < -0.4 is 9.47 Å². The van der Waals surface area contributed by atoms with E-state index in [4.69, 9.17) is 25.8 Å². The highest BCUT2D eigenvalue weighted by molar-refractivity contribution is 6.31. The number of hydrogen-bond donors (Lipinski definition) is 0. The molecule has 7 nitrogen and oxygen atoms in total. The smallest absolute Gasteiger partial charge is 0.410 e. The third-order valence-electron chi connectivity index (χ3n) is 4.50. The fourth-order valence-corrected chi connectivity index (χ4v) is 3.79. The Balaban J connectivity index is 1.68. The SMILES string of the molecule is COc1c(Cl)ncnc1O[C@H]1CC2CC[C@@H](C1)N2C(=O)OC(C)(C)C. The third kappa shape index (κ3) is 3.92. The van der Waals surface area contributed by atoms with Crippen LogP contribution in [0.4, 0.5) is 4.79 Å². The first-order chi connectivity index (χ1) is 11.8. The second-order valence-electron chi connectivity index (χ2n) is 7.49. The highest BCUT2D eigenvalue weighted by Crippen LogP contribution is 2.39. The molecule has 8 heteroatoms. The van der Waals surface area contributed by atoms with Crippen molar-refractivity contribution in [2.75, 3.05) is 7.11 Å². The van der Waals surface area contributed by atoms with Crippen LogP contribution in [0.3, 0.4) is 0 Å². The Morgan fingerprint density at radius 2 is 1.88 bits per heavy atom. The number of aromatic nitrogens is 2. The van der Waals surface area contributed by atoms with Gasteiger partial charge in [-0.15, -0.1) is 0 Å². The Morgan fingerprint density at radius 1 is 1.24 bits per heavy atom. The van der Waals surface area contributed by atoms with Crippen LogP contribution in [0.15, 0.2) is 6.33 Å². The number of rotatable bonds is 3. The number of fused-ring (bicyclic) bond motifs is 2. The fraction of sp³-hybridized carbons (Fsp3) is 0.706. The van der Waals surface area contributed by atoms with E-state index in [2.05, 4.69) is 9.97 Å². The molecule has 0 aromatic carbocycles. The van der Waals surface area contributed by atoms with E-state index in [-0.39, 0.29) is 29.4 Å². The number of ether oxygens (including phenoxy) is 3. The van der Waals surface area contributed by atoms with Gasteiger partial charge in [-0.1, -0.05) is 11.6 Å². The maximum absolute atomic E-state index is 12.5. The first-order valence-electron chi connectivity index (χ1n) is 8.51. The molecule has 138 valence electrons. The molecule has 2 bridgehead atoms. The molecule has 3 heterocycles. The zero-order valence-electron chi connectivity index (χ0n) is 15.0. The van der Waals surface area contributed by atoms with Gasteiger partial charge in [-0.3, -0.25) is 0 Å². The van der Waals surface area contributed by atoms with E-state index in [1.54, 1.807) is 0 Å². The summed E-state index contributed by atoms with van der Waals surface area (Å²) in [7, 11) is 1.51. The average Bonchev–Trinajstić information content (AvgIpc) is 2.78. The van der Waals surface area contributed by atoms with Gasteiger partial charge in [-0.2, -0.15) is 4.98 Å². The van der Waals surface area contributed by atoms with E-state index in [0.717, 1.165) is 25.7 Å². The predicted molar refractivity (Wildman–Crippen MR) is 92.1 cm³/mol. The quantitative estimate of drug-likeness (QED) is 0.760. The number of halogens is 1. The van der Waals surface area contributed by atoms with Crippen molar-refractivity contribution in [3.05, 3.63) is 11.5 Å². The van der Waals surface area contributed by atoms with Crippen LogP contribution >= 0.6 is 11.6 Å². The summed E-state index contributed by atoms with van der Waals surface area (Å²) < 4.78 is 16.8. The fourth-order valence-electron chi connectivity index (χ4n) is 3.59. The minimum atomic E-state index is -0.491. The Morgan fingerprint density at radius 3 is 2.44 bits per heavy atom. The van der Waals surface area contributed by atoms with Gasteiger partial charge in [0.1, 0.15) is 18.0 Å². The predicted octanol–water partition coefficient (Wildman–Crippen LogP) is 3.45. The number of nitrogens with zero attached hydrogens (tertiary/aromatic N) is 3. The van der Waals surface area contributed by atoms with Crippen molar-refractivity contribution < 1.29 is 19.0 Å². The third-order valence-corrected chi connectivity index (χ3v) is 4.77. The van der Waals surface area contributed by atoms with Crippen molar-refractivity contribution in [2.24, 2.45) is 0 Å². The minimum absolute atomic E-state index is 0.0453. The highest BCUT2D eigenvalue weighted by Gasteiger charge is 2.45. The minimum Gasteiger partial charge on any atom is -0.489 e. The molecule has 1 unspecified atom stereocenters. The summed E-state index contributed by atoms with van der Waals surface area (Å²) in [5.41, 5.74) is -0.491. The number of carbonyl (C=O) groups excluding carboxylic acids is 1. The Labute approximate surface area is 152 Å². The van der Waals surface area contributed by atoms with Crippen LogP contribution in [-0.2, 0) is 4.74 Å². The zero-order valence-corrected chi connectivity index (χ0v) is 15.7. The molecule has 0 spiro atoms. The normalized spacial score (nSPS) is 25.6. The van der Waals surface area contributed by atoms with E-state index in [0.29, 0.717) is 11.6 Å². The monoisotopic (exact) mass is 369 g/mol. The van der Waals surface area contributed by atoms with Crippen molar-refractivity contribution in [3.8, 4) is 11.6 Å². The van der Waals surface area contributed by atoms with E-state index >= 15 is 0 Å². The van der Waals surface area contributed by atoms with Gasteiger partial charge in [0.15, 0.2) is 5.15 Å². The molecule has 0 radical (unpaired) electrons. The second-order valence-corrected chi connectivity index (χ2v) is 7.84. The molecule has 3 atom stereocenters. The molecule has 0 saturated carbocycles. The lowest BCUT2D eigenvalue weighted by Crippen LogP contribution is -2.50. The second kappa shape index (κ2) is 6.86. The van der Waals surface area contributed by atoms with Gasteiger partial charge >= 0.3 is 6.09 Å². The summed E-state index contributed by atoms with van der Waals surface area (Å²) in [6.45, 7) is 5.65. The summed E-state index contributed by atoms with van der Waals surface area (Å²) in [4.78, 5) is 22.4. The van der Waals surface area contributed by atoms with Crippen molar-refractivity contribution in [1.82, 2.24) is 14.9 Å². The van der Waals surface area contributed by atoms with Gasteiger partial charge in [-0.05, 0) is 33.6 Å². The molecular weight excluding hydrogens is 346 g/mol.